The van der Waals surface area contributed by atoms with Crippen LogP contribution in [0.2, 0.25) is 0 Å². The molecule has 0 radical (unpaired) electrons. The molecule has 0 aliphatic carbocycles. The second-order valence-corrected chi connectivity index (χ2v) is 6.92. The van der Waals surface area contributed by atoms with Gasteiger partial charge in [-0.2, -0.15) is 17.0 Å². The maximum Gasteiger partial charge on any atom is 0.348 e. The molecule has 6 nitrogen and oxygen atoms in total. The number of carbonyl (C=O) groups excluding carboxylic acids is 1. The second-order valence-electron chi connectivity index (χ2n) is 3.72. The molecule has 0 N–H and O–H groups in total. The van der Waals surface area contributed by atoms with Gasteiger partial charge in [0.15, 0.2) is 0 Å². The number of nitrogens with zero attached hydrogens (tertiary/aromatic N) is 2. The van der Waals surface area contributed by atoms with Gasteiger partial charge in [0, 0.05) is 27.7 Å². The Morgan fingerprint density at radius 1 is 1.39 bits per heavy atom. The number of esters is 1. The summed E-state index contributed by atoms with van der Waals surface area (Å²) in [5.41, 5.74) is 0. The van der Waals surface area contributed by atoms with Crippen molar-refractivity contribution in [3.05, 3.63) is 22.4 Å². The molecule has 0 saturated heterocycles. The average Bonchev–Trinajstić information content (AvgIpc) is 2.81. The van der Waals surface area contributed by atoms with E-state index in [1.54, 1.807) is 17.5 Å². The topological polar surface area (TPSA) is 66.9 Å². The molecule has 0 aliphatic rings. The highest BCUT2D eigenvalue weighted by Gasteiger charge is 2.20. The van der Waals surface area contributed by atoms with Gasteiger partial charge in [0.05, 0.1) is 0 Å². The van der Waals surface area contributed by atoms with Crippen molar-refractivity contribution in [3.8, 4) is 0 Å². The fraction of sp³-hybridized carbons (Fsp3) is 0.500. The molecule has 1 aromatic heterocycles. The van der Waals surface area contributed by atoms with Gasteiger partial charge in [-0.1, -0.05) is 6.07 Å². The van der Waals surface area contributed by atoms with Crippen LogP contribution in [0.25, 0.3) is 0 Å². The highest BCUT2D eigenvalue weighted by molar-refractivity contribution is 7.86. The number of thiophene rings is 1. The summed E-state index contributed by atoms with van der Waals surface area (Å²) >= 11 is 1.29. The average molecular weight is 292 g/mol. The van der Waals surface area contributed by atoms with Crippen molar-refractivity contribution >= 4 is 27.5 Å². The molecule has 0 aliphatic heterocycles. The number of carbonyl (C=O) groups is 1. The molecule has 18 heavy (non-hydrogen) atoms. The molecule has 0 aromatic carbocycles. The van der Waals surface area contributed by atoms with Crippen molar-refractivity contribution in [2.45, 2.75) is 0 Å². The van der Waals surface area contributed by atoms with E-state index in [9.17, 15) is 13.2 Å². The first kappa shape index (κ1) is 15.1. The number of likely N-dealkylation sites (N-methyl/N-ethyl adjacent to an activating group) is 1. The van der Waals surface area contributed by atoms with E-state index >= 15 is 0 Å². The summed E-state index contributed by atoms with van der Waals surface area (Å²) < 4.78 is 30.5. The maximum atomic E-state index is 11.6. The van der Waals surface area contributed by atoms with E-state index in [0.29, 0.717) is 4.88 Å². The molecule has 0 saturated carbocycles. The lowest BCUT2D eigenvalue weighted by atomic mass is 10.5. The van der Waals surface area contributed by atoms with E-state index in [-0.39, 0.29) is 13.2 Å². The molecule has 8 heteroatoms. The summed E-state index contributed by atoms with van der Waals surface area (Å²) in [6.45, 7) is 0.151. The third kappa shape index (κ3) is 3.77. The van der Waals surface area contributed by atoms with E-state index in [0.717, 1.165) is 8.61 Å². The van der Waals surface area contributed by atoms with E-state index in [1.165, 1.54) is 32.5 Å². The molecule has 0 spiro atoms. The van der Waals surface area contributed by atoms with Crippen LogP contribution in [0.15, 0.2) is 17.5 Å². The van der Waals surface area contributed by atoms with E-state index in [1.807, 2.05) is 0 Å². The first-order valence-electron chi connectivity index (χ1n) is 5.20. The number of rotatable bonds is 6. The normalized spacial score (nSPS) is 12.1. The van der Waals surface area contributed by atoms with Crippen LogP contribution in [0.5, 0.6) is 0 Å². The summed E-state index contributed by atoms with van der Waals surface area (Å²) in [5.74, 6) is -0.430. The Balaban J connectivity index is 2.41. The summed E-state index contributed by atoms with van der Waals surface area (Å²) in [6.07, 6.45) is 0. The van der Waals surface area contributed by atoms with E-state index in [2.05, 4.69) is 0 Å². The summed E-state index contributed by atoms with van der Waals surface area (Å²) in [5, 5.41) is 1.78. The van der Waals surface area contributed by atoms with Gasteiger partial charge >= 0.3 is 5.97 Å². The monoisotopic (exact) mass is 292 g/mol. The van der Waals surface area contributed by atoms with Crippen LogP contribution >= 0.6 is 11.3 Å². The van der Waals surface area contributed by atoms with Crippen molar-refractivity contribution in [3.63, 3.8) is 0 Å². The molecule has 0 unspecified atom stereocenters. The predicted molar refractivity (Wildman–Crippen MR) is 69.8 cm³/mol. The molecule has 102 valence electrons. The van der Waals surface area contributed by atoms with Crippen LogP contribution in [0.3, 0.4) is 0 Å². The molecule has 1 aromatic rings. The van der Waals surface area contributed by atoms with E-state index < -0.39 is 16.2 Å². The zero-order valence-electron chi connectivity index (χ0n) is 10.5. The van der Waals surface area contributed by atoms with Gasteiger partial charge in [-0.25, -0.2) is 4.79 Å². The number of hydrogen-bond acceptors (Lipinski definition) is 5. The molecule has 1 rings (SSSR count). The highest BCUT2D eigenvalue weighted by Crippen LogP contribution is 2.10. The zero-order chi connectivity index (χ0) is 13.8. The number of ether oxygens (including phenoxy) is 1. The molecule has 0 atom stereocenters. The minimum atomic E-state index is -3.45. The first-order chi connectivity index (χ1) is 8.35. The predicted octanol–water partition coefficient (Wildman–Crippen LogP) is 0.643. The fourth-order valence-corrected chi connectivity index (χ4v) is 2.61. The molecule has 0 amide bonds. The van der Waals surface area contributed by atoms with Crippen molar-refractivity contribution in [1.29, 1.82) is 0 Å². The van der Waals surface area contributed by atoms with Crippen molar-refractivity contribution in [2.24, 2.45) is 0 Å². The minimum Gasteiger partial charge on any atom is -0.460 e. The van der Waals surface area contributed by atoms with Gasteiger partial charge in [0.25, 0.3) is 10.2 Å². The maximum absolute atomic E-state index is 11.6. The Kier molecular flexibility index (Phi) is 5.27. The first-order valence-corrected chi connectivity index (χ1v) is 7.48. The standard InChI is InChI=1S/C10H16N2O4S2/c1-11(2)18(14,15)12(3)6-7-16-10(13)9-5-4-8-17-9/h4-5,8H,6-7H2,1-3H3. The van der Waals surface area contributed by atoms with E-state index in [4.69, 9.17) is 4.74 Å². The Bertz CT molecular complexity index is 482. The molecule has 1 heterocycles. The van der Waals surface area contributed by atoms with Crippen molar-refractivity contribution < 1.29 is 17.9 Å². The molecular formula is C10H16N2O4S2. The van der Waals surface area contributed by atoms with Crippen LogP contribution in [0, 0.1) is 0 Å². The van der Waals surface area contributed by atoms with Crippen LogP contribution in [0.4, 0.5) is 0 Å². The molecule has 0 bridgehead atoms. The Labute approximate surface area is 111 Å². The summed E-state index contributed by atoms with van der Waals surface area (Å²) in [4.78, 5) is 12.0. The Morgan fingerprint density at radius 2 is 2.06 bits per heavy atom. The molecule has 0 fully saturated rings. The number of hydrogen-bond donors (Lipinski definition) is 0. The van der Waals surface area contributed by atoms with Crippen LogP contribution in [-0.4, -0.2) is 57.3 Å². The van der Waals surface area contributed by atoms with Gasteiger partial charge in [-0.05, 0) is 11.4 Å². The highest BCUT2D eigenvalue weighted by atomic mass is 32.2. The second kappa shape index (κ2) is 6.28. The lowest BCUT2D eigenvalue weighted by Gasteiger charge is -2.20. The van der Waals surface area contributed by atoms with Crippen molar-refractivity contribution in [2.75, 3.05) is 34.3 Å². The lowest BCUT2D eigenvalue weighted by molar-refractivity contribution is 0.0498. The largest absolute Gasteiger partial charge is 0.460 e. The summed E-state index contributed by atoms with van der Waals surface area (Å²) in [7, 11) is 0.884. The Hall–Kier alpha value is -0.960. The van der Waals surface area contributed by atoms with Crippen molar-refractivity contribution in [1.82, 2.24) is 8.61 Å². The SMILES string of the molecule is CN(C)S(=O)(=O)N(C)CCOC(=O)c1cccs1. The van der Waals surface area contributed by atoms with Gasteiger partial charge in [0.1, 0.15) is 11.5 Å². The van der Waals surface area contributed by atoms with Gasteiger partial charge in [-0.3, -0.25) is 0 Å². The quantitative estimate of drug-likeness (QED) is 0.722. The third-order valence-corrected chi connectivity index (χ3v) is 4.96. The Morgan fingerprint density at radius 3 is 2.56 bits per heavy atom. The van der Waals surface area contributed by atoms with Crippen LogP contribution in [-0.2, 0) is 14.9 Å². The van der Waals surface area contributed by atoms with Gasteiger partial charge < -0.3 is 4.74 Å². The van der Waals surface area contributed by atoms with Gasteiger partial charge in [-0.15, -0.1) is 11.3 Å². The summed E-state index contributed by atoms with van der Waals surface area (Å²) in [6, 6.07) is 3.41. The van der Waals surface area contributed by atoms with Crippen LogP contribution < -0.4 is 0 Å². The fourth-order valence-electron chi connectivity index (χ4n) is 1.13. The van der Waals surface area contributed by atoms with Crippen LogP contribution in [0.1, 0.15) is 9.67 Å². The molecular weight excluding hydrogens is 276 g/mol. The smallest absolute Gasteiger partial charge is 0.348 e. The lowest BCUT2D eigenvalue weighted by Crippen LogP contribution is -2.39. The minimum absolute atomic E-state index is 0.0281. The third-order valence-electron chi connectivity index (χ3n) is 2.22. The van der Waals surface area contributed by atoms with Gasteiger partial charge in [0.2, 0.25) is 0 Å². The zero-order valence-corrected chi connectivity index (χ0v) is 12.1.